The SMILES string of the molecule is C=CCN1C(=O)C(C(C)C)C(=O)N=C1O. The summed E-state index contributed by atoms with van der Waals surface area (Å²) in [6, 6.07) is -0.540. The molecule has 5 nitrogen and oxygen atoms in total. The molecule has 0 fully saturated rings. The van der Waals surface area contributed by atoms with Crippen LogP contribution in [-0.2, 0) is 9.59 Å². The van der Waals surface area contributed by atoms with E-state index >= 15 is 0 Å². The van der Waals surface area contributed by atoms with Gasteiger partial charge in [0, 0.05) is 6.54 Å². The van der Waals surface area contributed by atoms with Crippen LogP contribution in [0.15, 0.2) is 17.6 Å². The summed E-state index contributed by atoms with van der Waals surface area (Å²) < 4.78 is 0. The van der Waals surface area contributed by atoms with Crippen LogP contribution in [0.3, 0.4) is 0 Å². The molecule has 1 heterocycles. The van der Waals surface area contributed by atoms with Crippen LogP contribution in [0.4, 0.5) is 0 Å². The van der Waals surface area contributed by atoms with Gasteiger partial charge < -0.3 is 5.11 Å². The number of amidine groups is 1. The zero-order valence-electron chi connectivity index (χ0n) is 8.80. The van der Waals surface area contributed by atoms with Crippen molar-refractivity contribution in [3.8, 4) is 0 Å². The Morgan fingerprint density at radius 2 is 2.20 bits per heavy atom. The third-order valence-electron chi connectivity index (χ3n) is 2.23. The highest BCUT2D eigenvalue weighted by atomic mass is 16.3. The van der Waals surface area contributed by atoms with Gasteiger partial charge in [-0.05, 0) is 5.92 Å². The number of nitrogens with zero attached hydrogens (tertiary/aromatic N) is 2. The lowest BCUT2D eigenvalue weighted by Gasteiger charge is -2.28. The molecule has 15 heavy (non-hydrogen) atoms. The predicted molar refractivity (Wildman–Crippen MR) is 55.3 cm³/mol. The predicted octanol–water partition coefficient (Wildman–Crippen LogP) is 0.727. The van der Waals surface area contributed by atoms with Crippen LogP contribution in [0.1, 0.15) is 13.8 Å². The molecule has 0 saturated heterocycles. The average molecular weight is 210 g/mol. The van der Waals surface area contributed by atoms with Crippen molar-refractivity contribution < 1.29 is 14.7 Å². The van der Waals surface area contributed by atoms with Gasteiger partial charge in [-0.2, -0.15) is 4.99 Å². The fraction of sp³-hybridized carbons (Fsp3) is 0.500. The topological polar surface area (TPSA) is 70.0 Å². The molecule has 1 atom stereocenters. The van der Waals surface area contributed by atoms with Crippen molar-refractivity contribution in [1.82, 2.24) is 4.90 Å². The van der Waals surface area contributed by atoms with Gasteiger partial charge in [0.25, 0.3) is 11.9 Å². The van der Waals surface area contributed by atoms with Crippen LogP contribution < -0.4 is 0 Å². The van der Waals surface area contributed by atoms with E-state index in [0.29, 0.717) is 0 Å². The molecule has 0 saturated carbocycles. The number of aliphatic imine (C=N–C) groups is 1. The second-order valence-corrected chi connectivity index (χ2v) is 3.71. The maximum Gasteiger partial charge on any atom is 0.299 e. The molecule has 0 aromatic carbocycles. The van der Waals surface area contributed by atoms with Crippen molar-refractivity contribution in [1.29, 1.82) is 0 Å². The first-order chi connectivity index (χ1) is 6.99. The van der Waals surface area contributed by atoms with Crippen LogP contribution in [0.5, 0.6) is 0 Å². The number of carbonyl (C=O) groups excluding carboxylic acids is 2. The van der Waals surface area contributed by atoms with Gasteiger partial charge in [0.2, 0.25) is 5.91 Å². The van der Waals surface area contributed by atoms with Crippen LogP contribution in [0.25, 0.3) is 0 Å². The maximum atomic E-state index is 11.8. The standard InChI is InChI=1S/C10H14N2O3/c1-4-5-12-9(14)7(6(2)3)8(13)11-10(12)15/h4,6-7H,1,5H2,2-3H3,(H,11,13,15). The monoisotopic (exact) mass is 210 g/mol. The van der Waals surface area contributed by atoms with E-state index in [2.05, 4.69) is 11.6 Å². The number of hydrogen-bond acceptors (Lipinski definition) is 2. The zero-order chi connectivity index (χ0) is 11.6. The van der Waals surface area contributed by atoms with Crippen molar-refractivity contribution in [3.05, 3.63) is 12.7 Å². The summed E-state index contributed by atoms with van der Waals surface area (Å²) >= 11 is 0. The van der Waals surface area contributed by atoms with Gasteiger partial charge in [0.1, 0.15) is 5.92 Å². The first kappa shape index (κ1) is 11.4. The van der Waals surface area contributed by atoms with Crippen LogP contribution in [0.2, 0.25) is 0 Å². The molecule has 1 rings (SSSR count). The molecule has 5 heteroatoms. The summed E-state index contributed by atoms with van der Waals surface area (Å²) in [5.74, 6) is -1.91. The lowest BCUT2D eigenvalue weighted by Crippen LogP contribution is -2.49. The minimum absolute atomic E-state index is 0.130. The Balaban J connectivity index is 3.03. The summed E-state index contributed by atoms with van der Waals surface area (Å²) in [5, 5.41) is 9.33. The molecule has 0 aromatic rings. The highest BCUT2D eigenvalue weighted by Gasteiger charge is 2.39. The highest BCUT2D eigenvalue weighted by molar-refractivity contribution is 6.13. The van der Waals surface area contributed by atoms with E-state index < -0.39 is 23.8 Å². The van der Waals surface area contributed by atoms with E-state index in [4.69, 9.17) is 0 Å². The normalized spacial score (nSPS) is 21.9. The quantitative estimate of drug-likeness (QED) is 0.551. The van der Waals surface area contributed by atoms with Gasteiger partial charge in [-0.25, -0.2) is 0 Å². The van der Waals surface area contributed by atoms with Crippen LogP contribution >= 0.6 is 0 Å². The van der Waals surface area contributed by atoms with Crippen LogP contribution in [-0.4, -0.2) is 34.4 Å². The molecule has 1 N–H and O–H groups in total. The summed E-state index contributed by atoms with van der Waals surface area (Å²) in [6.45, 7) is 7.16. The fourth-order valence-corrected chi connectivity index (χ4v) is 1.47. The minimum Gasteiger partial charge on any atom is -0.480 e. The van der Waals surface area contributed by atoms with Crippen LogP contribution in [0, 0.1) is 11.8 Å². The van der Waals surface area contributed by atoms with Gasteiger partial charge in [-0.3, -0.25) is 14.5 Å². The molecular formula is C10H14N2O3. The Labute approximate surface area is 88.1 Å². The smallest absolute Gasteiger partial charge is 0.299 e. The second-order valence-electron chi connectivity index (χ2n) is 3.71. The lowest BCUT2D eigenvalue weighted by atomic mass is 9.92. The molecule has 0 spiro atoms. The number of rotatable bonds is 3. The Morgan fingerprint density at radius 3 is 2.67 bits per heavy atom. The second kappa shape index (κ2) is 4.25. The number of aliphatic hydroxyl groups excluding tert-OH is 1. The van der Waals surface area contributed by atoms with Crippen molar-refractivity contribution in [2.24, 2.45) is 16.8 Å². The Bertz CT molecular complexity index is 334. The van der Waals surface area contributed by atoms with Gasteiger partial charge in [0.15, 0.2) is 0 Å². The Kier molecular flexibility index (Phi) is 3.24. The molecular weight excluding hydrogens is 196 g/mol. The maximum absolute atomic E-state index is 11.8. The van der Waals surface area contributed by atoms with Gasteiger partial charge in [0.05, 0.1) is 0 Å². The molecule has 1 unspecified atom stereocenters. The molecule has 2 amide bonds. The van der Waals surface area contributed by atoms with E-state index in [1.54, 1.807) is 13.8 Å². The van der Waals surface area contributed by atoms with E-state index in [0.717, 1.165) is 4.90 Å². The summed E-state index contributed by atoms with van der Waals surface area (Å²) in [6.07, 6.45) is 1.47. The number of hydrogen-bond donors (Lipinski definition) is 1. The first-order valence-corrected chi connectivity index (χ1v) is 4.72. The summed E-state index contributed by atoms with van der Waals surface area (Å²) in [4.78, 5) is 27.7. The van der Waals surface area contributed by atoms with E-state index in [1.807, 2.05) is 0 Å². The molecule has 0 aliphatic carbocycles. The zero-order valence-corrected chi connectivity index (χ0v) is 8.80. The van der Waals surface area contributed by atoms with Crippen molar-refractivity contribution in [2.45, 2.75) is 13.8 Å². The summed E-state index contributed by atoms with van der Waals surface area (Å²) in [7, 11) is 0. The van der Waals surface area contributed by atoms with E-state index in [-0.39, 0.29) is 12.5 Å². The molecule has 1 aliphatic heterocycles. The average Bonchev–Trinajstić information content (AvgIpc) is 2.11. The molecule has 0 radical (unpaired) electrons. The minimum atomic E-state index is -0.791. The number of carbonyl (C=O) groups is 2. The highest BCUT2D eigenvalue weighted by Crippen LogP contribution is 2.20. The molecule has 0 aromatic heterocycles. The lowest BCUT2D eigenvalue weighted by molar-refractivity contribution is -0.141. The Hall–Kier alpha value is -1.65. The van der Waals surface area contributed by atoms with Gasteiger partial charge in [-0.1, -0.05) is 19.9 Å². The van der Waals surface area contributed by atoms with E-state index in [9.17, 15) is 14.7 Å². The van der Waals surface area contributed by atoms with Crippen molar-refractivity contribution >= 4 is 17.8 Å². The third-order valence-corrected chi connectivity index (χ3v) is 2.23. The first-order valence-electron chi connectivity index (χ1n) is 4.72. The van der Waals surface area contributed by atoms with Gasteiger partial charge >= 0.3 is 0 Å². The fourth-order valence-electron chi connectivity index (χ4n) is 1.47. The van der Waals surface area contributed by atoms with Crippen molar-refractivity contribution in [2.75, 3.05) is 6.54 Å². The third kappa shape index (κ3) is 2.06. The van der Waals surface area contributed by atoms with Crippen molar-refractivity contribution in [3.63, 3.8) is 0 Å². The molecule has 0 bridgehead atoms. The van der Waals surface area contributed by atoms with E-state index in [1.165, 1.54) is 6.08 Å². The number of amides is 2. The summed E-state index contributed by atoms with van der Waals surface area (Å²) in [5.41, 5.74) is 0. The molecule has 82 valence electrons. The van der Waals surface area contributed by atoms with Gasteiger partial charge in [-0.15, -0.1) is 6.58 Å². The number of aliphatic hydroxyl groups is 1. The Morgan fingerprint density at radius 1 is 1.60 bits per heavy atom. The molecule has 1 aliphatic rings. The largest absolute Gasteiger partial charge is 0.480 e.